The zero-order chi connectivity index (χ0) is 24.7. The molecular formula is C29H28N2O4. The van der Waals surface area contributed by atoms with Crippen molar-refractivity contribution in [3.05, 3.63) is 99.0 Å². The molecule has 6 heteroatoms. The lowest BCUT2D eigenvalue weighted by atomic mass is 9.98. The smallest absolute Gasteiger partial charge is 0.296 e. The fourth-order valence-corrected chi connectivity index (χ4v) is 4.49. The Morgan fingerprint density at radius 2 is 1.83 bits per heavy atom. The number of hydrogen-bond acceptors (Lipinski definition) is 5. The zero-order valence-corrected chi connectivity index (χ0v) is 20.4. The number of ether oxygens (including phenoxy) is 1. The third kappa shape index (κ3) is 4.20. The number of hydrogen-bond donors (Lipinski definition) is 0. The van der Waals surface area contributed by atoms with Crippen LogP contribution in [-0.4, -0.2) is 17.5 Å². The molecular weight excluding hydrogens is 440 g/mol. The van der Waals surface area contributed by atoms with Crippen LogP contribution in [0, 0.1) is 19.8 Å². The summed E-state index contributed by atoms with van der Waals surface area (Å²) in [5, 5.41) is 0.463. The molecule has 1 amide bonds. The van der Waals surface area contributed by atoms with E-state index < -0.39 is 6.04 Å². The van der Waals surface area contributed by atoms with E-state index >= 15 is 0 Å². The molecule has 0 radical (unpaired) electrons. The van der Waals surface area contributed by atoms with Crippen molar-refractivity contribution in [1.82, 2.24) is 4.98 Å². The van der Waals surface area contributed by atoms with Gasteiger partial charge >= 0.3 is 0 Å². The fourth-order valence-electron chi connectivity index (χ4n) is 4.49. The van der Waals surface area contributed by atoms with Gasteiger partial charge in [0.1, 0.15) is 17.2 Å². The SMILES string of the molecule is Cc1ccc2oc3c(c(=O)c2c1)[C@@H](c1cccc(OCCC(C)C)c1)N(c1cccc(C)n1)C3=O. The maximum atomic E-state index is 13.8. The number of fused-ring (bicyclic) bond motifs is 2. The van der Waals surface area contributed by atoms with Crippen LogP contribution in [0.1, 0.15) is 59.2 Å². The van der Waals surface area contributed by atoms with Gasteiger partial charge in [-0.15, -0.1) is 0 Å². The molecule has 0 unspecified atom stereocenters. The summed E-state index contributed by atoms with van der Waals surface area (Å²) < 4.78 is 12.0. The number of amides is 1. The van der Waals surface area contributed by atoms with Crippen molar-refractivity contribution in [2.45, 2.75) is 40.2 Å². The number of benzene rings is 2. The lowest BCUT2D eigenvalue weighted by Gasteiger charge is -2.25. The Bertz CT molecular complexity index is 1490. The fraction of sp³-hybridized carbons (Fsp3) is 0.276. The van der Waals surface area contributed by atoms with Crippen molar-refractivity contribution in [2.24, 2.45) is 5.92 Å². The average Bonchev–Trinajstić information content (AvgIpc) is 3.12. The van der Waals surface area contributed by atoms with Crippen LogP contribution in [0.2, 0.25) is 0 Å². The van der Waals surface area contributed by atoms with E-state index in [2.05, 4.69) is 18.8 Å². The zero-order valence-electron chi connectivity index (χ0n) is 20.4. The Balaban J connectivity index is 1.69. The predicted molar refractivity (Wildman–Crippen MR) is 136 cm³/mol. The highest BCUT2D eigenvalue weighted by Gasteiger charge is 2.44. The van der Waals surface area contributed by atoms with E-state index in [9.17, 15) is 9.59 Å². The second kappa shape index (κ2) is 9.02. The molecule has 0 fully saturated rings. The van der Waals surface area contributed by atoms with Crippen molar-refractivity contribution in [3.8, 4) is 5.75 Å². The number of carbonyl (C=O) groups is 1. The van der Waals surface area contributed by atoms with Crippen molar-refractivity contribution in [2.75, 3.05) is 11.5 Å². The first kappa shape index (κ1) is 22.8. The van der Waals surface area contributed by atoms with Crippen LogP contribution in [0.25, 0.3) is 11.0 Å². The van der Waals surface area contributed by atoms with E-state index in [1.165, 1.54) is 0 Å². The first-order valence-electron chi connectivity index (χ1n) is 11.9. The Morgan fingerprint density at radius 1 is 1.03 bits per heavy atom. The third-order valence-corrected chi connectivity index (χ3v) is 6.28. The van der Waals surface area contributed by atoms with Gasteiger partial charge in [0.2, 0.25) is 5.76 Å². The van der Waals surface area contributed by atoms with Gasteiger partial charge in [-0.2, -0.15) is 0 Å². The Hall–Kier alpha value is -3.93. The second-order valence-corrected chi connectivity index (χ2v) is 9.49. The van der Waals surface area contributed by atoms with Gasteiger partial charge in [-0.05, 0) is 68.1 Å². The first-order chi connectivity index (χ1) is 16.8. The van der Waals surface area contributed by atoms with Gasteiger partial charge < -0.3 is 9.15 Å². The number of anilines is 1. The van der Waals surface area contributed by atoms with Crippen LogP contribution in [-0.2, 0) is 0 Å². The molecule has 6 nitrogen and oxygen atoms in total. The summed E-state index contributed by atoms with van der Waals surface area (Å²) in [4.78, 5) is 33.7. The first-order valence-corrected chi connectivity index (χ1v) is 11.9. The van der Waals surface area contributed by atoms with E-state index in [0.29, 0.717) is 40.6 Å². The lowest BCUT2D eigenvalue weighted by Crippen LogP contribution is -2.30. The minimum absolute atomic E-state index is 0.0609. The van der Waals surface area contributed by atoms with Gasteiger partial charge in [-0.1, -0.05) is 43.7 Å². The number of nitrogens with zero attached hydrogens (tertiary/aromatic N) is 2. The highest BCUT2D eigenvalue weighted by molar-refractivity contribution is 6.10. The van der Waals surface area contributed by atoms with Crippen LogP contribution in [0.5, 0.6) is 5.75 Å². The molecule has 1 atom stereocenters. The molecule has 0 saturated carbocycles. The molecule has 35 heavy (non-hydrogen) atoms. The molecule has 2 aromatic heterocycles. The molecule has 0 aliphatic carbocycles. The molecule has 0 saturated heterocycles. The molecule has 1 aliphatic heterocycles. The van der Waals surface area contributed by atoms with Crippen LogP contribution < -0.4 is 15.1 Å². The standard InChI is InChI=1S/C29H28N2O4/c1-17(2)13-14-34-21-9-6-8-20(16-21)26-25-27(32)22-15-18(3)11-12-23(22)35-28(25)29(33)31(26)24-10-5-7-19(4)30-24/h5-12,15-17,26H,13-14H2,1-4H3/t26-/m1/s1. The molecule has 0 spiro atoms. The maximum Gasteiger partial charge on any atom is 0.296 e. The van der Waals surface area contributed by atoms with E-state index in [0.717, 1.165) is 23.2 Å². The number of aryl methyl sites for hydroxylation is 2. The molecule has 3 heterocycles. The average molecular weight is 469 g/mol. The minimum atomic E-state index is -0.679. The van der Waals surface area contributed by atoms with Gasteiger partial charge in [-0.25, -0.2) is 4.98 Å². The van der Waals surface area contributed by atoms with Crippen LogP contribution in [0.4, 0.5) is 5.82 Å². The topological polar surface area (TPSA) is 72.6 Å². The molecule has 2 aromatic carbocycles. The Morgan fingerprint density at radius 3 is 2.60 bits per heavy atom. The van der Waals surface area contributed by atoms with Crippen molar-refractivity contribution >= 4 is 22.7 Å². The summed E-state index contributed by atoms with van der Waals surface area (Å²) in [6.07, 6.45) is 0.934. The van der Waals surface area contributed by atoms with Gasteiger partial charge in [0, 0.05) is 5.69 Å². The number of carbonyl (C=O) groups excluding carboxylic acids is 1. The summed E-state index contributed by atoms with van der Waals surface area (Å²) in [5.74, 6) is 1.38. The van der Waals surface area contributed by atoms with Gasteiger partial charge in [0.05, 0.1) is 23.6 Å². The van der Waals surface area contributed by atoms with Gasteiger partial charge in [0.15, 0.2) is 5.43 Å². The number of aromatic nitrogens is 1. The molecule has 1 aliphatic rings. The van der Waals surface area contributed by atoms with Crippen LogP contribution in [0.3, 0.4) is 0 Å². The maximum absolute atomic E-state index is 13.8. The highest BCUT2D eigenvalue weighted by Crippen LogP contribution is 2.41. The number of rotatable bonds is 6. The van der Waals surface area contributed by atoms with Gasteiger partial charge in [-0.3, -0.25) is 14.5 Å². The summed E-state index contributed by atoms with van der Waals surface area (Å²) in [5.41, 5.74) is 3.01. The summed E-state index contributed by atoms with van der Waals surface area (Å²) >= 11 is 0. The van der Waals surface area contributed by atoms with E-state index in [-0.39, 0.29) is 17.1 Å². The van der Waals surface area contributed by atoms with Crippen LogP contribution >= 0.6 is 0 Å². The van der Waals surface area contributed by atoms with Crippen molar-refractivity contribution in [3.63, 3.8) is 0 Å². The van der Waals surface area contributed by atoms with Crippen LogP contribution in [0.15, 0.2) is 69.9 Å². The van der Waals surface area contributed by atoms with E-state index in [4.69, 9.17) is 9.15 Å². The third-order valence-electron chi connectivity index (χ3n) is 6.28. The van der Waals surface area contributed by atoms with E-state index in [1.807, 2.05) is 62.4 Å². The largest absolute Gasteiger partial charge is 0.494 e. The van der Waals surface area contributed by atoms with Crippen molar-refractivity contribution in [1.29, 1.82) is 0 Å². The predicted octanol–water partition coefficient (Wildman–Crippen LogP) is 5.98. The second-order valence-electron chi connectivity index (χ2n) is 9.49. The summed E-state index contributed by atoms with van der Waals surface area (Å²) in [6, 6.07) is 17.8. The molecule has 178 valence electrons. The Labute approximate surface area is 204 Å². The molecule has 4 aromatic rings. The lowest BCUT2D eigenvalue weighted by molar-refractivity contribution is 0.0970. The monoisotopic (exact) mass is 468 g/mol. The molecule has 5 rings (SSSR count). The minimum Gasteiger partial charge on any atom is -0.494 e. The summed E-state index contributed by atoms with van der Waals surface area (Å²) in [6.45, 7) is 8.69. The number of pyridine rings is 1. The molecule has 0 N–H and O–H groups in total. The quantitative estimate of drug-likeness (QED) is 0.348. The van der Waals surface area contributed by atoms with E-state index in [1.54, 1.807) is 17.0 Å². The summed E-state index contributed by atoms with van der Waals surface area (Å²) in [7, 11) is 0. The van der Waals surface area contributed by atoms with Gasteiger partial charge in [0.25, 0.3) is 5.91 Å². The Kier molecular flexibility index (Phi) is 5.89. The van der Waals surface area contributed by atoms with Crippen molar-refractivity contribution < 1.29 is 13.9 Å². The highest BCUT2D eigenvalue weighted by atomic mass is 16.5. The normalized spacial score (nSPS) is 15.2. The molecule has 0 bridgehead atoms.